The Morgan fingerprint density at radius 3 is 2.62 bits per heavy atom. The maximum Gasteiger partial charge on any atom is 0.0372 e. The van der Waals surface area contributed by atoms with Crippen LogP contribution in [0.25, 0.3) is 0 Å². The molecule has 1 aromatic rings. The van der Waals surface area contributed by atoms with Gasteiger partial charge < -0.3 is 5.73 Å². The summed E-state index contributed by atoms with van der Waals surface area (Å²) in [5.74, 6) is 0. The van der Waals surface area contributed by atoms with E-state index in [0.717, 1.165) is 12.2 Å². The lowest BCUT2D eigenvalue weighted by molar-refractivity contribution is 0.252. The van der Waals surface area contributed by atoms with Gasteiger partial charge in [0.2, 0.25) is 0 Å². The third-order valence-corrected chi connectivity index (χ3v) is 3.23. The minimum absolute atomic E-state index is 0.265. The predicted octanol–water partition coefficient (Wildman–Crippen LogP) is 1.77. The van der Waals surface area contributed by atoms with Crippen LogP contribution in [0.15, 0.2) is 18.3 Å². The summed E-state index contributed by atoms with van der Waals surface area (Å²) in [4.78, 5) is 4.32. The Bertz CT molecular complexity index is 280. The van der Waals surface area contributed by atoms with E-state index in [0.29, 0.717) is 0 Å². The zero-order valence-electron chi connectivity index (χ0n) is 8.09. The maximum absolute atomic E-state index is 5.81. The molecule has 0 saturated heterocycles. The Morgan fingerprint density at radius 2 is 2.23 bits per heavy atom. The van der Waals surface area contributed by atoms with Crippen LogP contribution in [-0.4, -0.2) is 11.5 Å². The monoisotopic (exact) mass is 176 g/mol. The summed E-state index contributed by atoms with van der Waals surface area (Å²) >= 11 is 0. The first kappa shape index (κ1) is 8.70. The van der Waals surface area contributed by atoms with E-state index in [1.54, 1.807) is 0 Å². The zero-order chi connectivity index (χ0) is 9.31. The molecular weight excluding hydrogens is 160 g/mol. The van der Waals surface area contributed by atoms with E-state index in [-0.39, 0.29) is 5.41 Å². The van der Waals surface area contributed by atoms with Crippen LogP contribution in [0.2, 0.25) is 0 Å². The number of hydrogen-bond donors (Lipinski definition) is 1. The Labute approximate surface area is 79.2 Å². The second-order valence-corrected chi connectivity index (χ2v) is 4.03. The van der Waals surface area contributed by atoms with Crippen molar-refractivity contribution in [3.63, 3.8) is 0 Å². The Balaban J connectivity index is 2.28. The molecule has 2 nitrogen and oxygen atoms in total. The fraction of sp³-hybridized carbons (Fsp3) is 0.545. The van der Waals surface area contributed by atoms with Gasteiger partial charge in [-0.25, -0.2) is 0 Å². The van der Waals surface area contributed by atoms with Crippen LogP contribution in [0.3, 0.4) is 0 Å². The normalized spacial score (nSPS) is 19.5. The summed E-state index contributed by atoms with van der Waals surface area (Å²) in [7, 11) is 0. The van der Waals surface area contributed by atoms with Gasteiger partial charge in [0.25, 0.3) is 0 Å². The van der Waals surface area contributed by atoms with E-state index < -0.39 is 0 Å². The van der Waals surface area contributed by atoms with Gasteiger partial charge in [-0.2, -0.15) is 0 Å². The van der Waals surface area contributed by atoms with Crippen molar-refractivity contribution in [1.29, 1.82) is 0 Å². The highest BCUT2D eigenvalue weighted by Crippen LogP contribution is 2.42. The third-order valence-electron chi connectivity index (χ3n) is 3.23. The Morgan fingerprint density at radius 1 is 1.46 bits per heavy atom. The van der Waals surface area contributed by atoms with E-state index in [1.807, 2.05) is 13.1 Å². The smallest absolute Gasteiger partial charge is 0.0372 e. The maximum atomic E-state index is 5.81. The summed E-state index contributed by atoms with van der Waals surface area (Å²) in [6.07, 6.45) is 5.76. The summed E-state index contributed by atoms with van der Waals surface area (Å²) in [6, 6.07) is 4.25. The first-order valence-electron chi connectivity index (χ1n) is 4.90. The van der Waals surface area contributed by atoms with Gasteiger partial charge in [0, 0.05) is 23.9 Å². The van der Waals surface area contributed by atoms with Gasteiger partial charge >= 0.3 is 0 Å². The van der Waals surface area contributed by atoms with Crippen molar-refractivity contribution in [2.45, 2.75) is 31.6 Å². The molecule has 0 atom stereocenters. The SMILES string of the molecule is Cc1ccc(C2(CN)CCC2)cn1. The van der Waals surface area contributed by atoms with Crippen LogP contribution < -0.4 is 5.73 Å². The fourth-order valence-electron chi connectivity index (χ4n) is 2.00. The molecule has 1 aromatic heterocycles. The van der Waals surface area contributed by atoms with Crippen molar-refractivity contribution < 1.29 is 0 Å². The summed E-state index contributed by atoms with van der Waals surface area (Å²) in [5, 5.41) is 0. The van der Waals surface area contributed by atoms with E-state index in [4.69, 9.17) is 5.73 Å². The number of aryl methyl sites for hydroxylation is 1. The topological polar surface area (TPSA) is 38.9 Å². The minimum atomic E-state index is 0.265. The van der Waals surface area contributed by atoms with Gasteiger partial charge in [0.05, 0.1) is 0 Å². The molecule has 0 unspecified atom stereocenters. The molecule has 2 heteroatoms. The number of nitrogens with two attached hydrogens (primary N) is 1. The molecule has 2 rings (SSSR count). The standard InChI is InChI=1S/C11H16N2/c1-9-3-4-10(7-13-9)11(8-12)5-2-6-11/h3-4,7H,2,5-6,8,12H2,1H3. The van der Waals surface area contributed by atoms with Crippen LogP contribution in [0.5, 0.6) is 0 Å². The van der Waals surface area contributed by atoms with Crippen LogP contribution in [0.4, 0.5) is 0 Å². The molecular formula is C11H16N2. The van der Waals surface area contributed by atoms with E-state index >= 15 is 0 Å². The predicted molar refractivity (Wildman–Crippen MR) is 53.6 cm³/mol. The first-order chi connectivity index (χ1) is 6.27. The summed E-state index contributed by atoms with van der Waals surface area (Å²) in [5.41, 5.74) is 8.48. The molecule has 0 radical (unpaired) electrons. The van der Waals surface area contributed by atoms with E-state index in [2.05, 4.69) is 17.1 Å². The average Bonchev–Trinajstić information content (AvgIpc) is 2.07. The molecule has 1 fully saturated rings. The number of hydrogen-bond acceptors (Lipinski definition) is 2. The van der Waals surface area contributed by atoms with Crippen LogP contribution >= 0.6 is 0 Å². The number of aromatic nitrogens is 1. The molecule has 0 bridgehead atoms. The van der Waals surface area contributed by atoms with Crippen LogP contribution in [0, 0.1) is 6.92 Å². The molecule has 1 saturated carbocycles. The van der Waals surface area contributed by atoms with Crippen molar-refractivity contribution >= 4 is 0 Å². The van der Waals surface area contributed by atoms with Gasteiger partial charge in [-0.3, -0.25) is 4.98 Å². The second kappa shape index (κ2) is 3.11. The lowest BCUT2D eigenvalue weighted by Gasteiger charge is -2.41. The van der Waals surface area contributed by atoms with Gasteiger partial charge in [-0.05, 0) is 31.4 Å². The summed E-state index contributed by atoms with van der Waals surface area (Å²) in [6.45, 7) is 2.78. The first-order valence-corrected chi connectivity index (χ1v) is 4.90. The highest BCUT2D eigenvalue weighted by atomic mass is 14.7. The largest absolute Gasteiger partial charge is 0.330 e. The molecule has 1 heterocycles. The Hall–Kier alpha value is -0.890. The molecule has 0 aliphatic heterocycles. The number of rotatable bonds is 2. The third kappa shape index (κ3) is 1.35. The molecule has 0 amide bonds. The number of nitrogens with zero attached hydrogens (tertiary/aromatic N) is 1. The lowest BCUT2D eigenvalue weighted by atomic mass is 9.65. The molecule has 1 aliphatic carbocycles. The average molecular weight is 176 g/mol. The van der Waals surface area contributed by atoms with Crippen LogP contribution in [0.1, 0.15) is 30.5 Å². The lowest BCUT2D eigenvalue weighted by Crippen LogP contribution is -2.41. The Kier molecular flexibility index (Phi) is 2.08. The molecule has 70 valence electrons. The zero-order valence-corrected chi connectivity index (χ0v) is 8.09. The minimum Gasteiger partial charge on any atom is -0.330 e. The van der Waals surface area contributed by atoms with Gasteiger partial charge in [0.1, 0.15) is 0 Å². The molecule has 2 N–H and O–H groups in total. The van der Waals surface area contributed by atoms with Crippen molar-refractivity contribution in [3.05, 3.63) is 29.6 Å². The van der Waals surface area contributed by atoms with Gasteiger partial charge in [-0.1, -0.05) is 12.5 Å². The molecule has 1 aliphatic rings. The quantitative estimate of drug-likeness (QED) is 0.746. The van der Waals surface area contributed by atoms with Gasteiger partial charge in [0.15, 0.2) is 0 Å². The highest BCUT2D eigenvalue weighted by Gasteiger charge is 2.37. The number of pyridine rings is 1. The molecule has 13 heavy (non-hydrogen) atoms. The molecule has 0 spiro atoms. The van der Waals surface area contributed by atoms with Crippen molar-refractivity contribution in [3.8, 4) is 0 Å². The van der Waals surface area contributed by atoms with Crippen LogP contribution in [-0.2, 0) is 5.41 Å². The van der Waals surface area contributed by atoms with E-state index in [1.165, 1.54) is 24.8 Å². The van der Waals surface area contributed by atoms with Crippen molar-refractivity contribution in [2.75, 3.05) is 6.54 Å². The molecule has 0 aromatic carbocycles. The summed E-state index contributed by atoms with van der Waals surface area (Å²) < 4.78 is 0. The van der Waals surface area contributed by atoms with E-state index in [9.17, 15) is 0 Å². The van der Waals surface area contributed by atoms with Crippen molar-refractivity contribution in [1.82, 2.24) is 4.98 Å². The van der Waals surface area contributed by atoms with Crippen molar-refractivity contribution in [2.24, 2.45) is 5.73 Å². The second-order valence-electron chi connectivity index (χ2n) is 4.03. The highest BCUT2D eigenvalue weighted by molar-refractivity contribution is 5.26. The van der Waals surface area contributed by atoms with Gasteiger partial charge in [-0.15, -0.1) is 0 Å². The fourth-order valence-corrected chi connectivity index (χ4v) is 2.00.